The monoisotopic (exact) mass is 263 g/mol. The maximum absolute atomic E-state index is 13.4. The molecule has 0 saturated heterocycles. The third-order valence-electron chi connectivity index (χ3n) is 3.24. The Morgan fingerprint density at radius 3 is 2.84 bits per heavy atom. The fraction of sp³-hybridized carbons (Fsp3) is 0.333. The second-order valence-electron chi connectivity index (χ2n) is 4.44. The Morgan fingerprint density at radius 2 is 2.21 bits per heavy atom. The summed E-state index contributed by atoms with van der Waals surface area (Å²) in [6, 6.07) is 8.31. The SMILES string of the molecule is COc1ccc(F)cc1C(CN)CCc1ccco1. The molecule has 4 heteroatoms. The van der Waals surface area contributed by atoms with Crippen LogP contribution in [0.2, 0.25) is 0 Å². The van der Waals surface area contributed by atoms with Gasteiger partial charge in [-0.25, -0.2) is 4.39 Å². The number of methoxy groups -OCH3 is 1. The van der Waals surface area contributed by atoms with Gasteiger partial charge in [0.25, 0.3) is 0 Å². The minimum Gasteiger partial charge on any atom is -0.496 e. The van der Waals surface area contributed by atoms with Gasteiger partial charge in [-0.2, -0.15) is 0 Å². The molecule has 0 saturated carbocycles. The van der Waals surface area contributed by atoms with Crippen LogP contribution in [-0.2, 0) is 6.42 Å². The molecule has 0 bridgehead atoms. The quantitative estimate of drug-likeness (QED) is 0.871. The van der Waals surface area contributed by atoms with E-state index in [1.807, 2.05) is 12.1 Å². The molecule has 1 unspecified atom stereocenters. The highest BCUT2D eigenvalue weighted by Crippen LogP contribution is 2.30. The third kappa shape index (κ3) is 3.35. The molecule has 0 aliphatic rings. The fourth-order valence-corrected chi connectivity index (χ4v) is 2.20. The zero-order valence-electron chi connectivity index (χ0n) is 10.9. The summed E-state index contributed by atoms with van der Waals surface area (Å²) in [5.41, 5.74) is 6.63. The number of hydrogen-bond donors (Lipinski definition) is 1. The van der Waals surface area contributed by atoms with Crippen LogP contribution in [0.5, 0.6) is 5.75 Å². The van der Waals surface area contributed by atoms with E-state index in [2.05, 4.69) is 0 Å². The average molecular weight is 263 g/mol. The largest absolute Gasteiger partial charge is 0.496 e. The highest BCUT2D eigenvalue weighted by atomic mass is 19.1. The number of nitrogens with two attached hydrogens (primary N) is 1. The summed E-state index contributed by atoms with van der Waals surface area (Å²) in [5, 5.41) is 0. The molecule has 1 heterocycles. The molecule has 19 heavy (non-hydrogen) atoms. The topological polar surface area (TPSA) is 48.4 Å². The number of furan rings is 1. The van der Waals surface area contributed by atoms with Crippen LogP contribution >= 0.6 is 0 Å². The highest BCUT2D eigenvalue weighted by Gasteiger charge is 2.16. The van der Waals surface area contributed by atoms with Crippen molar-refractivity contribution in [3.8, 4) is 5.75 Å². The molecule has 2 rings (SSSR count). The summed E-state index contributed by atoms with van der Waals surface area (Å²) in [6.45, 7) is 0.445. The zero-order chi connectivity index (χ0) is 13.7. The van der Waals surface area contributed by atoms with Gasteiger partial charge in [-0.05, 0) is 43.3 Å². The number of hydrogen-bond acceptors (Lipinski definition) is 3. The smallest absolute Gasteiger partial charge is 0.123 e. The molecule has 0 aliphatic heterocycles. The molecule has 3 nitrogen and oxygen atoms in total. The molecule has 1 atom stereocenters. The second-order valence-corrected chi connectivity index (χ2v) is 4.44. The number of aryl methyl sites for hydroxylation is 1. The van der Waals surface area contributed by atoms with Crippen molar-refractivity contribution >= 4 is 0 Å². The van der Waals surface area contributed by atoms with E-state index in [4.69, 9.17) is 14.9 Å². The summed E-state index contributed by atoms with van der Waals surface area (Å²) >= 11 is 0. The Balaban J connectivity index is 2.14. The van der Waals surface area contributed by atoms with E-state index < -0.39 is 0 Å². The maximum Gasteiger partial charge on any atom is 0.123 e. The number of halogens is 1. The molecule has 2 aromatic rings. The fourth-order valence-electron chi connectivity index (χ4n) is 2.20. The molecule has 0 radical (unpaired) electrons. The van der Waals surface area contributed by atoms with Gasteiger partial charge in [0.05, 0.1) is 13.4 Å². The van der Waals surface area contributed by atoms with Gasteiger partial charge in [-0.15, -0.1) is 0 Å². The molecule has 0 aliphatic carbocycles. The van der Waals surface area contributed by atoms with Gasteiger partial charge >= 0.3 is 0 Å². The van der Waals surface area contributed by atoms with Crippen LogP contribution in [0.25, 0.3) is 0 Å². The minimum absolute atomic E-state index is 0.0516. The third-order valence-corrected chi connectivity index (χ3v) is 3.24. The predicted molar refractivity (Wildman–Crippen MR) is 71.8 cm³/mol. The van der Waals surface area contributed by atoms with E-state index in [-0.39, 0.29) is 11.7 Å². The summed E-state index contributed by atoms with van der Waals surface area (Å²) in [6.07, 6.45) is 3.22. The predicted octanol–water partition coefficient (Wildman–Crippen LogP) is 3.10. The summed E-state index contributed by atoms with van der Waals surface area (Å²) < 4.78 is 24.0. The van der Waals surface area contributed by atoms with Crippen LogP contribution < -0.4 is 10.5 Å². The van der Waals surface area contributed by atoms with Gasteiger partial charge in [-0.1, -0.05) is 0 Å². The Hall–Kier alpha value is -1.81. The zero-order valence-corrected chi connectivity index (χ0v) is 10.9. The van der Waals surface area contributed by atoms with Crippen molar-refractivity contribution in [3.05, 3.63) is 53.7 Å². The van der Waals surface area contributed by atoms with Gasteiger partial charge < -0.3 is 14.9 Å². The van der Waals surface area contributed by atoms with E-state index in [0.29, 0.717) is 12.3 Å². The van der Waals surface area contributed by atoms with Crippen molar-refractivity contribution in [2.75, 3.05) is 13.7 Å². The van der Waals surface area contributed by atoms with Crippen LogP contribution in [0, 0.1) is 5.82 Å². The maximum atomic E-state index is 13.4. The lowest BCUT2D eigenvalue weighted by Gasteiger charge is -2.17. The highest BCUT2D eigenvalue weighted by molar-refractivity contribution is 5.37. The molecule has 1 aromatic carbocycles. The van der Waals surface area contributed by atoms with Crippen molar-refractivity contribution in [3.63, 3.8) is 0 Å². The van der Waals surface area contributed by atoms with E-state index >= 15 is 0 Å². The van der Waals surface area contributed by atoms with E-state index in [1.54, 1.807) is 19.4 Å². The van der Waals surface area contributed by atoms with Crippen molar-refractivity contribution in [1.29, 1.82) is 0 Å². The molecule has 102 valence electrons. The van der Waals surface area contributed by atoms with Crippen molar-refractivity contribution in [1.82, 2.24) is 0 Å². The van der Waals surface area contributed by atoms with Gasteiger partial charge in [0.2, 0.25) is 0 Å². The molecule has 1 aromatic heterocycles. The lowest BCUT2D eigenvalue weighted by atomic mass is 9.93. The van der Waals surface area contributed by atoms with E-state index in [0.717, 1.165) is 24.2 Å². The van der Waals surface area contributed by atoms with Crippen molar-refractivity contribution in [2.45, 2.75) is 18.8 Å². The van der Waals surface area contributed by atoms with E-state index in [9.17, 15) is 4.39 Å². The summed E-state index contributed by atoms with van der Waals surface area (Å²) in [7, 11) is 1.58. The lowest BCUT2D eigenvalue weighted by Crippen LogP contribution is -2.14. The van der Waals surface area contributed by atoms with Crippen molar-refractivity contribution < 1.29 is 13.5 Å². The first-order chi connectivity index (χ1) is 9.24. The molecule has 2 N–H and O–H groups in total. The minimum atomic E-state index is -0.271. The van der Waals surface area contributed by atoms with Gasteiger partial charge in [0.15, 0.2) is 0 Å². The second kappa shape index (κ2) is 6.38. The number of ether oxygens (including phenoxy) is 1. The Bertz CT molecular complexity index is 511. The number of benzene rings is 1. The first-order valence-corrected chi connectivity index (χ1v) is 6.30. The standard InChI is InChI=1S/C15H18FNO2/c1-18-15-7-5-12(16)9-14(15)11(10-17)4-6-13-3-2-8-19-13/h2-3,5,7-9,11H,4,6,10,17H2,1H3. The van der Waals surface area contributed by atoms with Crippen LogP contribution in [0.1, 0.15) is 23.7 Å². The first-order valence-electron chi connectivity index (χ1n) is 6.30. The Labute approximate surface area is 112 Å². The normalized spacial score (nSPS) is 12.4. The lowest BCUT2D eigenvalue weighted by molar-refractivity contribution is 0.401. The molecule has 0 amide bonds. The molecule has 0 spiro atoms. The number of rotatable bonds is 6. The van der Waals surface area contributed by atoms with Crippen molar-refractivity contribution in [2.24, 2.45) is 5.73 Å². The first kappa shape index (κ1) is 13.6. The Kier molecular flexibility index (Phi) is 4.58. The van der Waals surface area contributed by atoms with E-state index in [1.165, 1.54) is 12.1 Å². The van der Waals surface area contributed by atoms with Crippen LogP contribution in [0.4, 0.5) is 4.39 Å². The van der Waals surface area contributed by atoms with Gasteiger partial charge in [0, 0.05) is 17.9 Å². The molecule has 0 fully saturated rings. The van der Waals surface area contributed by atoms with Crippen LogP contribution in [-0.4, -0.2) is 13.7 Å². The van der Waals surface area contributed by atoms with Gasteiger partial charge in [0.1, 0.15) is 17.3 Å². The molecular formula is C15H18FNO2. The van der Waals surface area contributed by atoms with Crippen LogP contribution in [0.3, 0.4) is 0 Å². The average Bonchev–Trinajstić information content (AvgIpc) is 2.93. The summed E-state index contributed by atoms with van der Waals surface area (Å²) in [4.78, 5) is 0. The summed E-state index contributed by atoms with van der Waals surface area (Å²) in [5.74, 6) is 1.37. The van der Waals surface area contributed by atoms with Gasteiger partial charge in [-0.3, -0.25) is 0 Å². The Morgan fingerprint density at radius 1 is 1.37 bits per heavy atom. The van der Waals surface area contributed by atoms with Crippen LogP contribution in [0.15, 0.2) is 41.0 Å². The molecular weight excluding hydrogens is 245 g/mol.